The van der Waals surface area contributed by atoms with E-state index in [4.69, 9.17) is 5.11 Å². The first-order valence-electron chi connectivity index (χ1n) is 8.13. The monoisotopic (exact) mass is 355 g/mol. The Balaban J connectivity index is 1.88. The van der Waals surface area contributed by atoms with E-state index in [1.165, 1.54) is 12.0 Å². The highest BCUT2D eigenvalue weighted by Gasteiger charge is 2.41. The molecule has 1 heterocycles. The molecule has 1 unspecified atom stereocenters. The molecule has 0 aromatic heterocycles. The van der Waals surface area contributed by atoms with Crippen molar-refractivity contribution in [2.45, 2.75) is 42.3 Å². The topological polar surface area (TPSA) is 69.6 Å². The smallest absolute Gasteiger partial charge is 0.404 e. The van der Waals surface area contributed by atoms with E-state index in [0.717, 1.165) is 37.2 Å². The second-order valence-electron chi connectivity index (χ2n) is 5.68. The average molecular weight is 356 g/mol. The highest BCUT2D eigenvalue weighted by atomic mass is 32.2. The van der Waals surface area contributed by atoms with Crippen LogP contribution in [0.25, 0.3) is 0 Å². The summed E-state index contributed by atoms with van der Waals surface area (Å²) in [5.74, 6) is 2.17. The third-order valence-electron chi connectivity index (χ3n) is 3.97. The first-order chi connectivity index (χ1) is 11.1. The molecule has 1 aliphatic rings. The number of aliphatic hydroxyl groups is 1. The van der Waals surface area contributed by atoms with Gasteiger partial charge in [-0.05, 0) is 36.3 Å². The lowest BCUT2D eigenvalue weighted by atomic mass is 10.0. The Kier molecular flexibility index (Phi) is 7.59. The molecule has 1 aromatic rings. The molecule has 1 saturated heterocycles. The van der Waals surface area contributed by atoms with Crippen molar-refractivity contribution in [1.29, 1.82) is 0 Å². The zero-order valence-electron chi connectivity index (χ0n) is 13.2. The Bertz CT molecular complexity index is 478. The molecule has 0 saturated carbocycles. The van der Waals surface area contributed by atoms with Crippen molar-refractivity contribution in [3.8, 4) is 0 Å². The molecule has 4 nitrogen and oxygen atoms in total. The van der Waals surface area contributed by atoms with E-state index >= 15 is 0 Å². The zero-order chi connectivity index (χ0) is 16.5. The number of carbonyl (C=O) groups is 1. The number of amides is 1. The number of benzene rings is 1. The fourth-order valence-corrected chi connectivity index (χ4v) is 6.22. The molecule has 0 aliphatic carbocycles. The summed E-state index contributed by atoms with van der Waals surface area (Å²) >= 11 is 3.73. The van der Waals surface area contributed by atoms with Crippen LogP contribution in [0.2, 0.25) is 0 Å². The van der Waals surface area contributed by atoms with Crippen LogP contribution in [-0.2, 0) is 4.08 Å². The molecule has 2 rings (SSSR count). The lowest BCUT2D eigenvalue weighted by molar-refractivity contribution is 0.146. The maximum Gasteiger partial charge on any atom is 0.404 e. The van der Waals surface area contributed by atoms with Crippen molar-refractivity contribution >= 4 is 29.6 Å². The standard InChI is InChI=1S/C17H25NO3S2/c19-15(10-5-2-6-11-18-16(20)21)17(22-12-7-13-23-17)14-8-3-1-4-9-14/h1,3-4,8-9,15,18-19H,2,5-7,10-13H2,(H,20,21). The third-order valence-corrected chi connectivity index (χ3v) is 7.53. The van der Waals surface area contributed by atoms with E-state index < -0.39 is 6.09 Å². The number of unbranched alkanes of at least 4 members (excludes halogenated alkanes) is 2. The minimum absolute atomic E-state index is 0.251. The Labute approximate surface area is 146 Å². The summed E-state index contributed by atoms with van der Waals surface area (Å²) in [6.07, 6.45) is 3.25. The average Bonchev–Trinajstić information content (AvgIpc) is 2.59. The van der Waals surface area contributed by atoms with Crippen LogP contribution in [0.5, 0.6) is 0 Å². The van der Waals surface area contributed by atoms with Gasteiger partial charge in [-0.3, -0.25) is 0 Å². The zero-order valence-corrected chi connectivity index (χ0v) is 14.9. The molecule has 1 aromatic carbocycles. The van der Waals surface area contributed by atoms with E-state index in [1.54, 1.807) is 0 Å². The number of rotatable bonds is 8. The number of hydrogen-bond donors (Lipinski definition) is 3. The van der Waals surface area contributed by atoms with Crippen LogP contribution >= 0.6 is 23.5 Å². The molecule has 1 amide bonds. The second-order valence-corrected chi connectivity index (χ2v) is 8.62. The highest BCUT2D eigenvalue weighted by molar-refractivity contribution is 8.18. The lowest BCUT2D eigenvalue weighted by Gasteiger charge is -2.40. The van der Waals surface area contributed by atoms with Crippen LogP contribution < -0.4 is 5.32 Å². The molecule has 0 radical (unpaired) electrons. The summed E-state index contributed by atoms with van der Waals surface area (Å²) in [4.78, 5) is 10.4. The summed E-state index contributed by atoms with van der Waals surface area (Å²) in [5, 5.41) is 21.8. The van der Waals surface area contributed by atoms with Gasteiger partial charge in [-0.1, -0.05) is 43.2 Å². The van der Waals surface area contributed by atoms with E-state index in [9.17, 15) is 9.90 Å². The summed E-state index contributed by atoms with van der Waals surface area (Å²) in [6, 6.07) is 10.3. The van der Waals surface area contributed by atoms with Gasteiger partial charge in [-0.25, -0.2) is 4.79 Å². The summed E-state index contributed by atoms with van der Waals surface area (Å²) in [7, 11) is 0. The number of nitrogens with one attached hydrogen (secondary N) is 1. The maximum absolute atomic E-state index is 10.9. The van der Waals surface area contributed by atoms with E-state index in [1.807, 2.05) is 41.7 Å². The molecule has 1 atom stereocenters. The van der Waals surface area contributed by atoms with Gasteiger partial charge in [-0.2, -0.15) is 0 Å². The Morgan fingerprint density at radius 3 is 2.52 bits per heavy atom. The molecule has 128 valence electrons. The highest BCUT2D eigenvalue weighted by Crippen LogP contribution is 2.53. The largest absolute Gasteiger partial charge is 0.465 e. The van der Waals surface area contributed by atoms with Crippen molar-refractivity contribution in [1.82, 2.24) is 5.32 Å². The molecule has 1 aliphatic heterocycles. The normalized spacial score (nSPS) is 18.3. The molecule has 0 bridgehead atoms. The molecule has 6 heteroatoms. The Hall–Kier alpha value is -0.850. The molecule has 0 spiro atoms. The lowest BCUT2D eigenvalue weighted by Crippen LogP contribution is -2.36. The summed E-state index contributed by atoms with van der Waals surface area (Å²) in [6.45, 7) is 0.485. The van der Waals surface area contributed by atoms with Gasteiger partial charge in [0.1, 0.15) is 4.08 Å². The second kappa shape index (κ2) is 9.45. The molecule has 23 heavy (non-hydrogen) atoms. The van der Waals surface area contributed by atoms with Crippen LogP contribution in [0.15, 0.2) is 30.3 Å². The van der Waals surface area contributed by atoms with Gasteiger partial charge in [0.2, 0.25) is 0 Å². The number of hydrogen-bond acceptors (Lipinski definition) is 4. The minimum Gasteiger partial charge on any atom is -0.465 e. The number of aliphatic hydroxyl groups excluding tert-OH is 1. The maximum atomic E-state index is 10.9. The number of carboxylic acid groups (broad SMARTS) is 1. The fraction of sp³-hybridized carbons (Fsp3) is 0.588. The van der Waals surface area contributed by atoms with Crippen molar-refractivity contribution in [2.24, 2.45) is 0 Å². The van der Waals surface area contributed by atoms with E-state index in [0.29, 0.717) is 6.54 Å². The van der Waals surface area contributed by atoms with Crippen molar-refractivity contribution in [3.63, 3.8) is 0 Å². The van der Waals surface area contributed by atoms with Crippen LogP contribution in [0.4, 0.5) is 4.79 Å². The van der Waals surface area contributed by atoms with Crippen LogP contribution in [-0.4, -0.2) is 40.5 Å². The fourth-order valence-electron chi connectivity index (χ4n) is 2.79. The molecular formula is C17H25NO3S2. The van der Waals surface area contributed by atoms with Crippen molar-refractivity contribution in [2.75, 3.05) is 18.1 Å². The van der Waals surface area contributed by atoms with Gasteiger partial charge in [0.05, 0.1) is 6.10 Å². The molecule has 1 fully saturated rings. The van der Waals surface area contributed by atoms with Crippen LogP contribution in [0.3, 0.4) is 0 Å². The van der Waals surface area contributed by atoms with Crippen LogP contribution in [0, 0.1) is 0 Å². The quantitative estimate of drug-likeness (QED) is 0.617. The number of thioether (sulfide) groups is 2. The third kappa shape index (κ3) is 5.33. The predicted octanol–water partition coefficient (Wildman–Crippen LogP) is 3.90. The first-order valence-corrected chi connectivity index (χ1v) is 10.1. The molecule has 3 N–H and O–H groups in total. The van der Waals surface area contributed by atoms with Gasteiger partial charge in [-0.15, -0.1) is 23.5 Å². The van der Waals surface area contributed by atoms with E-state index in [-0.39, 0.29) is 10.2 Å². The molecular weight excluding hydrogens is 330 g/mol. The Morgan fingerprint density at radius 1 is 1.17 bits per heavy atom. The van der Waals surface area contributed by atoms with Crippen molar-refractivity contribution < 1.29 is 15.0 Å². The Morgan fingerprint density at radius 2 is 1.87 bits per heavy atom. The first kappa shape index (κ1) is 18.5. The van der Waals surface area contributed by atoms with Gasteiger partial charge in [0.25, 0.3) is 0 Å². The van der Waals surface area contributed by atoms with Crippen molar-refractivity contribution in [3.05, 3.63) is 35.9 Å². The van der Waals surface area contributed by atoms with Gasteiger partial charge in [0.15, 0.2) is 0 Å². The predicted molar refractivity (Wildman–Crippen MR) is 98.2 cm³/mol. The van der Waals surface area contributed by atoms with Gasteiger partial charge < -0.3 is 15.5 Å². The summed E-state index contributed by atoms with van der Waals surface area (Å²) in [5.41, 5.74) is 1.20. The van der Waals surface area contributed by atoms with Crippen LogP contribution in [0.1, 0.15) is 37.7 Å². The van der Waals surface area contributed by atoms with Gasteiger partial charge in [0, 0.05) is 6.54 Å². The van der Waals surface area contributed by atoms with E-state index in [2.05, 4.69) is 17.4 Å². The SMILES string of the molecule is O=C(O)NCCCCCC(O)C1(c2ccccc2)SCCCS1. The minimum atomic E-state index is -0.969. The van der Waals surface area contributed by atoms with Gasteiger partial charge >= 0.3 is 6.09 Å². The summed E-state index contributed by atoms with van der Waals surface area (Å²) < 4.78 is -0.251.